The molecule has 4 atom stereocenters. The number of carboxylic acids is 1. The molecule has 1 rings (SSSR count). The zero-order chi connectivity index (χ0) is 19.8. The van der Waals surface area contributed by atoms with Crippen molar-refractivity contribution in [3.8, 4) is 0 Å². The first kappa shape index (κ1) is 27.5. The van der Waals surface area contributed by atoms with E-state index in [4.69, 9.17) is 14.9 Å². The molecule has 1 heterocycles. The lowest BCUT2D eigenvalue weighted by molar-refractivity contribution is -0.160. The lowest BCUT2D eigenvalue weighted by atomic mass is 10.0. The molecule has 0 aromatic heterocycles. The van der Waals surface area contributed by atoms with Gasteiger partial charge in [-0.15, -0.1) is 0 Å². The van der Waals surface area contributed by atoms with Gasteiger partial charge in [-0.25, -0.2) is 0 Å². The molecule has 0 amide bonds. The molecule has 1 aliphatic rings. The van der Waals surface area contributed by atoms with Gasteiger partial charge in [-0.3, -0.25) is 9.59 Å². The van der Waals surface area contributed by atoms with Crippen LogP contribution in [0.3, 0.4) is 0 Å². The number of rotatable bonds is 8. The average molecular weight is 588 g/mol. The van der Waals surface area contributed by atoms with Crippen molar-refractivity contribution in [3.05, 3.63) is 0 Å². The Balaban J connectivity index is 0. The van der Waals surface area contributed by atoms with E-state index in [1.165, 1.54) is 0 Å². The van der Waals surface area contributed by atoms with Gasteiger partial charge >= 0.3 is 11.9 Å². The van der Waals surface area contributed by atoms with Gasteiger partial charge in [0.05, 0.1) is 31.2 Å². The summed E-state index contributed by atoms with van der Waals surface area (Å²) in [6.45, 7) is 3.96. The molecule has 0 spiro atoms. The van der Waals surface area contributed by atoms with Gasteiger partial charge in [0.2, 0.25) is 0 Å². The summed E-state index contributed by atoms with van der Waals surface area (Å²) >= 11 is 4.24. The van der Waals surface area contributed by atoms with Crippen LogP contribution in [0.4, 0.5) is 0 Å². The summed E-state index contributed by atoms with van der Waals surface area (Å²) in [5.41, 5.74) is 0. The monoisotopic (exact) mass is 588 g/mol. The van der Waals surface area contributed by atoms with E-state index in [2.05, 4.69) is 37.2 Å². The Morgan fingerprint density at radius 3 is 2.28 bits per heavy atom. The Morgan fingerprint density at radius 1 is 1.24 bits per heavy atom. The Hall–Kier alpha value is 0.280. The normalized spacial score (nSPS) is 21.6. The van der Waals surface area contributed by atoms with E-state index in [1.54, 1.807) is 0 Å². The second-order valence-corrected chi connectivity index (χ2v) is 5.92. The Kier molecular flexibility index (Phi) is 19.4. The Bertz CT molecular complexity index is 355. The molecule has 7 nitrogen and oxygen atoms in total. The predicted molar refractivity (Wildman–Crippen MR) is 112 cm³/mol. The third-order valence-corrected chi connectivity index (χ3v) is 3.42. The minimum Gasteiger partial charge on any atom is -0.481 e. The SMILES string of the molecule is CCCC(O)CC(O)CC(=O)O.CCCC1C[C@@H](O)CC(=O)O1.II. The third kappa shape index (κ3) is 17.5. The molecule has 4 N–H and O–H groups in total. The number of esters is 1. The second kappa shape index (κ2) is 17.7. The predicted octanol–water partition coefficient (Wildman–Crippen LogP) is 3.00. The average Bonchev–Trinajstić information content (AvgIpc) is 2.48. The number of carboxylic acid groups (broad SMARTS) is 1. The van der Waals surface area contributed by atoms with Crippen molar-refractivity contribution in [2.75, 3.05) is 0 Å². The fraction of sp³-hybridized carbons (Fsp3) is 0.875. The van der Waals surface area contributed by atoms with Gasteiger partial charge in [0.1, 0.15) is 6.10 Å². The van der Waals surface area contributed by atoms with Crippen LogP contribution in [0.2, 0.25) is 0 Å². The van der Waals surface area contributed by atoms with Crippen LogP contribution in [-0.2, 0) is 14.3 Å². The molecule has 1 fully saturated rings. The van der Waals surface area contributed by atoms with Crippen LogP contribution in [0.25, 0.3) is 0 Å². The van der Waals surface area contributed by atoms with E-state index >= 15 is 0 Å². The molecule has 1 saturated heterocycles. The topological polar surface area (TPSA) is 124 Å². The maximum atomic E-state index is 10.8. The summed E-state index contributed by atoms with van der Waals surface area (Å²) in [7, 11) is 0. The molecule has 0 saturated carbocycles. The van der Waals surface area contributed by atoms with E-state index < -0.39 is 24.3 Å². The fourth-order valence-electron chi connectivity index (χ4n) is 2.41. The van der Waals surface area contributed by atoms with Crippen molar-refractivity contribution >= 4 is 49.2 Å². The maximum absolute atomic E-state index is 10.8. The van der Waals surface area contributed by atoms with Crippen molar-refractivity contribution < 1.29 is 34.8 Å². The molecule has 3 unspecified atom stereocenters. The van der Waals surface area contributed by atoms with Crippen LogP contribution in [0.15, 0.2) is 0 Å². The van der Waals surface area contributed by atoms with Crippen LogP contribution in [0.5, 0.6) is 0 Å². The first-order chi connectivity index (χ1) is 11.8. The molecular weight excluding hydrogens is 558 g/mol. The van der Waals surface area contributed by atoms with Gasteiger partial charge in [-0.05, 0) is 19.3 Å². The highest BCUT2D eigenvalue weighted by atomic mass is 128. The van der Waals surface area contributed by atoms with Crippen molar-refractivity contribution in [1.29, 1.82) is 0 Å². The van der Waals surface area contributed by atoms with E-state index in [0.29, 0.717) is 12.8 Å². The smallest absolute Gasteiger partial charge is 0.308 e. The van der Waals surface area contributed by atoms with Crippen LogP contribution < -0.4 is 0 Å². The van der Waals surface area contributed by atoms with Gasteiger partial charge < -0.3 is 25.2 Å². The summed E-state index contributed by atoms with van der Waals surface area (Å²) in [5, 5.41) is 35.7. The number of halogens is 2. The highest BCUT2D eigenvalue weighted by Crippen LogP contribution is 2.18. The van der Waals surface area contributed by atoms with E-state index in [0.717, 1.165) is 19.3 Å². The minimum absolute atomic E-state index is 0.0451. The largest absolute Gasteiger partial charge is 0.481 e. The molecule has 0 bridgehead atoms. The summed E-state index contributed by atoms with van der Waals surface area (Å²) in [6, 6.07) is 0. The molecule has 150 valence electrons. The zero-order valence-corrected chi connectivity index (χ0v) is 19.1. The minimum atomic E-state index is -1.04. The summed E-state index contributed by atoms with van der Waals surface area (Å²) in [5.74, 6) is -1.30. The quantitative estimate of drug-likeness (QED) is 0.254. The van der Waals surface area contributed by atoms with E-state index in [-0.39, 0.29) is 31.3 Å². The van der Waals surface area contributed by atoms with E-state index in [9.17, 15) is 19.8 Å². The molecular formula is C16H30I2O7. The molecule has 0 aromatic carbocycles. The zero-order valence-electron chi connectivity index (χ0n) is 14.7. The number of ether oxygens (including phenoxy) is 1. The van der Waals surface area contributed by atoms with Crippen molar-refractivity contribution in [1.82, 2.24) is 0 Å². The van der Waals surface area contributed by atoms with E-state index in [1.807, 2.05) is 13.8 Å². The first-order valence-electron chi connectivity index (χ1n) is 8.38. The number of aliphatic hydroxyl groups is 3. The van der Waals surface area contributed by atoms with Crippen LogP contribution in [0, 0.1) is 0 Å². The van der Waals surface area contributed by atoms with Crippen molar-refractivity contribution in [2.45, 2.75) is 89.6 Å². The number of hydrogen-bond acceptors (Lipinski definition) is 6. The number of carbonyl (C=O) groups is 2. The lowest BCUT2D eigenvalue weighted by Crippen LogP contribution is -2.32. The maximum Gasteiger partial charge on any atom is 0.308 e. The number of hydrogen-bond donors (Lipinski definition) is 4. The summed E-state index contributed by atoms with van der Waals surface area (Å²) in [6.07, 6.45) is 1.91. The third-order valence-electron chi connectivity index (χ3n) is 3.42. The number of aliphatic carboxylic acids is 1. The molecule has 0 aliphatic carbocycles. The highest BCUT2D eigenvalue weighted by molar-refractivity contribution is 15.0. The van der Waals surface area contributed by atoms with Crippen LogP contribution >= 0.6 is 37.2 Å². The van der Waals surface area contributed by atoms with Gasteiger partial charge in [0.25, 0.3) is 0 Å². The number of aliphatic hydroxyl groups excluding tert-OH is 3. The summed E-state index contributed by atoms with van der Waals surface area (Å²) in [4.78, 5) is 20.9. The van der Waals surface area contributed by atoms with Gasteiger partial charge in [0, 0.05) is 43.7 Å². The molecule has 1 aliphatic heterocycles. The van der Waals surface area contributed by atoms with Crippen molar-refractivity contribution in [2.24, 2.45) is 0 Å². The molecule has 0 aromatic rings. The fourth-order valence-corrected chi connectivity index (χ4v) is 2.41. The molecule has 0 radical (unpaired) electrons. The van der Waals surface area contributed by atoms with Gasteiger partial charge in [0.15, 0.2) is 0 Å². The Morgan fingerprint density at radius 2 is 1.84 bits per heavy atom. The van der Waals surface area contributed by atoms with Gasteiger partial charge in [-0.2, -0.15) is 0 Å². The lowest BCUT2D eigenvalue weighted by Gasteiger charge is -2.25. The number of carbonyl (C=O) groups excluding carboxylic acids is 1. The molecule has 25 heavy (non-hydrogen) atoms. The second-order valence-electron chi connectivity index (χ2n) is 5.92. The summed E-state index contributed by atoms with van der Waals surface area (Å²) < 4.78 is 5.00. The number of cyclic esters (lactones) is 1. The van der Waals surface area contributed by atoms with Crippen LogP contribution in [-0.4, -0.2) is 56.8 Å². The van der Waals surface area contributed by atoms with Gasteiger partial charge in [-0.1, -0.05) is 26.7 Å². The molecule has 9 heteroatoms. The standard InChI is InChI=1S/C8H16O4.C8H14O3.I2/c1-2-3-6(9)4-7(10)5-8(11)12;1-2-3-7-4-6(9)5-8(10)11-7;1-2/h6-7,9-10H,2-5H2,1H3,(H,11,12);6-7,9H,2-5H2,1H3;/t;6-,7?;/m.1./s1. The van der Waals surface area contributed by atoms with Crippen molar-refractivity contribution in [3.63, 3.8) is 0 Å². The first-order valence-corrected chi connectivity index (χ1v) is 14.7. The van der Waals surface area contributed by atoms with Crippen LogP contribution in [0.1, 0.15) is 65.2 Å². The highest BCUT2D eigenvalue weighted by Gasteiger charge is 2.26. The Labute approximate surface area is 172 Å².